The molecule has 29 heavy (non-hydrogen) atoms. The first kappa shape index (κ1) is 18.9. The Bertz CT molecular complexity index is 876. The Morgan fingerprint density at radius 2 is 1.90 bits per heavy atom. The second kappa shape index (κ2) is 7.27. The molecule has 1 aliphatic carbocycles. The highest BCUT2D eigenvalue weighted by Gasteiger charge is 2.71. The van der Waals surface area contributed by atoms with E-state index < -0.39 is 11.5 Å². The van der Waals surface area contributed by atoms with Crippen LogP contribution in [-0.2, 0) is 6.54 Å². The zero-order valence-corrected chi connectivity index (χ0v) is 16.5. The van der Waals surface area contributed by atoms with Crippen LogP contribution in [0.1, 0.15) is 40.6 Å². The van der Waals surface area contributed by atoms with E-state index in [2.05, 4.69) is 4.90 Å². The number of β-amino-alcohol motifs (C(OH)–C–C–N with tert-alkyl or cyclic N) is 1. The first-order chi connectivity index (χ1) is 14.1. The van der Waals surface area contributed by atoms with Gasteiger partial charge in [0.2, 0.25) is 0 Å². The number of carbonyl (C=O) groups is 1. The Kier molecular flexibility index (Phi) is 4.73. The van der Waals surface area contributed by atoms with E-state index in [9.17, 15) is 15.0 Å². The SMILES string of the molecule is O=C(c1ccc(CN2CCCC2)o1)N1C[C@H](O)[C@@]2(C1)[C@H](CO)[C@H]2c1ccccc1. The molecular formula is C23H28N2O4. The molecule has 2 aromatic rings. The summed E-state index contributed by atoms with van der Waals surface area (Å²) < 4.78 is 5.84. The lowest BCUT2D eigenvalue weighted by Crippen LogP contribution is -2.29. The highest BCUT2D eigenvalue weighted by atomic mass is 16.4. The van der Waals surface area contributed by atoms with E-state index in [1.807, 2.05) is 36.4 Å². The van der Waals surface area contributed by atoms with Crippen molar-refractivity contribution in [2.24, 2.45) is 11.3 Å². The number of aliphatic hydroxyl groups is 2. The normalized spacial score (nSPS) is 31.7. The van der Waals surface area contributed by atoms with Crippen LogP contribution in [0.15, 0.2) is 46.9 Å². The molecule has 1 saturated carbocycles. The summed E-state index contributed by atoms with van der Waals surface area (Å²) in [6, 6.07) is 13.6. The van der Waals surface area contributed by atoms with E-state index in [-0.39, 0.29) is 30.9 Å². The van der Waals surface area contributed by atoms with Crippen LogP contribution >= 0.6 is 0 Å². The van der Waals surface area contributed by atoms with Gasteiger partial charge in [-0.2, -0.15) is 0 Å². The number of furan rings is 1. The summed E-state index contributed by atoms with van der Waals surface area (Å²) in [5.41, 5.74) is 0.655. The largest absolute Gasteiger partial charge is 0.455 e. The van der Waals surface area contributed by atoms with Gasteiger partial charge in [0, 0.05) is 25.1 Å². The smallest absolute Gasteiger partial charge is 0.289 e. The summed E-state index contributed by atoms with van der Waals surface area (Å²) in [4.78, 5) is 17.1. The monoisotopic (exact) mass is 396 g/mol. The minimum Gasteiger partial charge on any atom is -0.455 e. The van der Waals surface area contributed by atoms with Crippen molar-refractivity contribution in [2.75, 3.05) is 32.8 Å². The highest BCUT2D eigenvalue weighted by Crippen LogP contribution is 2.68. The molecule has 1 aromatic heterocycles. The Labute approximate surface area is 170 Å². The standard InChI is InChI=1S/C23H28N2O4/c26-14-18-21(16-6-2-1-3-7-16)23(18)15-25(13-20(23)27)22(28)19-9-8-17(29-19)12-24-10-4-5-11-24/h1-3,6-9,18,20-21,26-27H,4-5,10-15H2/t18-,20+,21-,23-/m1/s1. The molecule has 2 aliphatic heterocycles. The van der Waals surface area contributed by atoms with Crippen molar-refractivity contribution in [3.63, 3.8) is 0 Å². The van der Waals surface area contributed by atoms with Crippen LogP contribution in [-0.4, -0.2) is 64.8 Å². The number of aliphatic hydroxyl groups excluding tert-OH is 2. The fourth-order valence-electron chi connectivity index (χ4n) is 5.62. The van der Waals surface area contributed by atoms with Gasteiger partial charge in [0.05, 0.1) is 12.6 Å². The molecule has 6 nitrogen and oxygen atoms in total. The average Bonchev–Trinajstić information content (AvgIpc) is 3.19. The van der Waals surface area contributed by atoms with Crippen LogP contribution in [0.25, 0.3) is 0 Å². The van der Waals surface area contributed by atoms with E-state index in [1.54, 1.807) is 11.0 Å². The molecular weight excluding hydrogens is 368 g/mol. The molecule has 0 bridgehead atoms. The number of nitrogens with zero attached hydrogens (tertiary/aromatic N) is 2. The molecule has 0 radical (unpaired) electrons. The number of hydrogen-bond donors (Lipinski definition) is 2. The molecule has 2 N–H and O–H groups in total. The van der Waals surface area contributed by atoms with Gasteiger partial charge in [0.15, 0.2) is 5.76 Å². The molecule has 5 rings (SSSR count). The van der Waals surface area contributed by atoms with Crippen LogP contribution in [0.5, 0.6) is 0 Å². The Morgan fingerprint density at radius 1 is 1.14 bits per heavy atom. The average molecular weight is 396 g/mol. The Morgan fingerprint density at radius 3 is 2.62 bits per heavy atom. The minimum absolute atomic E-state index is 0.0133. The summed E-state index contributed by atoms with van der Waals surface area (Å²) in [7, 11) is 0. The summed E-state index contributed by atoms with van der Waals surface area (Å²) in [5, 5.41) is 20.8. The van der Waals surface area contributed by atoms with Crippen LogP contribution in [0.4, 0.5) is 0 Å². The predicted octanol–water partition coefficient (Wildman–Crippen LogP) is 2.08. The molecule has 1 spiro atoms. The maximum atomic E-state index is 13.0. The minimum atomic E-state index is -0.646. The summed E-state index contributed by atoms with van der Waals surface area (Å²) in [6.45, 7) is 3.63. The molecule has 0 unspecified atom stereocenters. The Balaban J connectivity index is 1.31. The van der Waals surface area contributed by atoms with Gasteiger partial charge in [-0.05, 0) is 55.5 Å². The molecule has 3 aliphatic rings. The first-order valence-electron chi connectivity index (χ1n) is 10.6. The lowest BCUT2D eigenvalue weighted by atomic mass is 9.95. The number of amides is 1. The topological polar surface area (TPSA) is 77.2 Å². The van der Waals surface area contributed by atoms with Crippen molar-refractivity contribution in [3.05, 3.63) is 59.5 Å². The van der Waals surface area contributed by atoms with Gasteiger partial charge in [0.25, 0.3) is 5.91 Å². The first-order valence-corrected chi connectivity index (χ1v) is 10.6. The molecule has 1 amide bonds. The zero-order valence-electron chi connectivity index (χ0n) is 16.5. The molecule has 6 heteroatoms. The third-order valence-corrected chi connectivity index (χ3v) is 7.13. The van der Waals surface area contributed by atoms with Crippen molar-refractivity contribution in [1.82, 2.24) is 9.80 Å². The van der Waals surface area contributed by atoms with E-state index in [1.165, 1.54) is 12.8 Å². The predicted molar refractivity (Wildman–Crippen MR) is 107 cm³/mol. The van der Waals surface area contributed by atoms with Crippen molar-refractivity contribution in [1.29, 1.82) is 0 Å². The summed E-state index contributed by atoms with van der Waals surface area (Å²) in [5.74, 6) is 1.01. The number of carbonyl (C=O) groups excluding carboxylic acids is 1. The maximum absolute atomic E-state index is 13.0. The molecule has 4 atom stereocenters. The summed E-state index contributed by atoms with van der Waals surface area (Å²) in [6.07, 6.45) is 1.79. The molecule has 3 fully saturated rings. The third kappa shape index (κ3) is 3.10. The second-order valence-corrected chi connectivity index (χ2v) is 8.74. The van der Waals surface area contributed by atoms with Crippen LogP contribution < -0.4 is 0 Å². The van der Waals surface area contributed by atoms with Crippen molar-refractivity contribution >= 4 is 5.91 Å². The van der Waals surface area contributed by atoms with Gasteiger partial charge in [0.1, 0.15) is 5.76 Å². The second-order valence-electron chi connectivity index (χ2n) is 8.74. The van der Waals surface area contributed by atoms with E-state index in [0.29, 0.717) is 12.3 Å². The van der Waals surface area contributed by atoms with Crippen LogP contribution in [0.2, 0.25) is 0 Å². The van der Waals surface area contributed by atoms with Gasteiger partial charge >= 0.3 is 0 Å². The molecule has 2 saturated heterocycles. The fraction of sp³-hybridized carbons (Fsp3) is 0.522. The third-order valence-electron chi connectivity index (χ3n) is 7.13. The highest BCUT2D eigenvalue weighted by molar-refractivity contribution is 5.92. The number of likely N-dealkylation sites (tertiary alicyclic amines) is 2. The van der Waals surface area contributed by atoms with Crippen LogP contribution in [0, 0.1) is 11.3 Å². The van der Waals surface area contributed by atoms with Gasteiger partial charge in [-0.3, -0.25) is 9.69 Å². The molecule has 3 heterocycles. The van der Waals surface area contributed by atoms with E-state index in [4.69, 9.17) is 4.42 Å². The van der Waals surface area contributed by atoms with E-state index >= 15 is 0 Å². The quantitative estimate of drug-likeness (QED) is 0.809. The lowest BCUT2D eigenvalue weighted by molar-refractivity contribution is 0.0730. The van der Waals surface area contributed by atoms with Crippen LogP contribution in [0.3, 0.4) is 0 Å². The summed E-state index contributed by atoms with van der Waals surface area (Å²) >= 11 is 0. The number of rotatable bonds is 5. The molecule has 1 aromatic carbocycles. The van der Waals surface area contributed by atoms with Gasteiger partial charge in [-0.25, -0.2) is 0 Å². The number of benzene rings is 1. The van der Waals surface area contributed by atoms with Crippen molar-refractivity contribution in [2.45, 2.75) is 31.4 Å². The Hall–Kier alpha value is -2.15. The van der Waals surface area contributed by atoms with Gasteiger partial charge in [-0.15, -0.1) is 0 Å². The number of hydrogen-bond acceptors (Lipinski definition) is 5. The van der Waals surface area contributed by atoms with Crippen molar-refractivity contribution in [3.8, 4) is 0 Å². The maximum Gasteiger partial charge on any atom is 0.289 e. The molecule has 154 valence electrons. The van der Waals surface area contributed by atoms with Gasteiger partial charge < -0.3 is 19.5 Å². The lowest BCUT2D eigenvalue weighted by Gasteiger charge is -2.16. The zero-order chi connectivity index (χ0) is 20.0. The van der Waals surface area contributed by atoms with Crippen molar-refractivity contribution < 1.29 is 19.4 Å². The fourth-order valence-corrected chi connectivity index (χ4v) is 5.62. The van der Waals surface area contributed by atoms with E-state index in [0.717, 1.165) is 31.0 Å². The van der Waals surface area contributed by atoms with Gasteiger partial charge in [-0.1, -0.05) is 30.3 Å².